The first-order valence-electron chi connectivity index (χ1n) is 7.59. The molecule has 0 saturated carbocycles. The summed E-state index contributed by atoms with van der Waals surface area (Å²) in [6.07, 6.45) is 1.83. The number of nitrogens with one attached hydrogen (secondary N) is 1. The maximum absolute atomic E-state index is 4.65. The minimum atomic E-state index is 0.633. The van der Waals surface area contributed by atoms with Crippen LogP contribution in [0.15, 0.2) is 54.7 Å². The first kappa shape index (κ1) is 13.0. The average Bonchev–Trinajstić information content (AvgIpc) is 3.31. The molecule has 0 radical (unpaired) electrons. The van der Waals surface area contributed by atoms with E-state index in [9.17, 15) is 0 Å². The zero-order valence-electron chi connectivity index (χ0n) is 12.9. The number of benzene rings is 2. The number of aromatic amines is 1. The number of aromatic nitrogens is 7. The molecule has 7 nitrogen and oxygen atoms in total. The molecule has 0 bridgehead atoms. The van der Waals surface area contributed by atoms with Gasteiger partial charge in [-0.15, -0.1) is 5.10 Å². The number of hydrogen-bond donors (Lipinski definition) is 1. The van der Waals surface area contributed by atoms with Crippen LogP contribution in [0.5, 0.6) is 0 Å². The number of para-hydroxylation sites is 4. The number of aryl methyl sites for hydroxylation is 1. The molecule has 0 aliphatic rings. The van der Waals surface area contributed by atoms with E-state index < -0.39 is 0 Å². The van der Waals surface area contributed by atoms with E-state index in [1.54, 1.807) is 4.68 Å². The summed E-state index contributed by atoms with van der Waals surface area (Å²) < 4.78 is 3.65. The van der Waals surface area contributed by atoms with Gasteiger partial charge in [0.25, 0.3) is 0 Å². The highest BCUT2D eigenvalue weighted by atomic mass is 15.5. The van der Waals surface area contributed by atoms with E-state index in [-0.39, 0.29) is 0 Å². The Balaban J connectivity index is 1.62. The van der Waals surface area contributed by atoms with E-state index in [1.165, 1.54) is 0 Å². The van der Waals surface area contributed by atoms with Crippen LogP contribution in [0, 0.1) is 0 Å². The van der Waals surface area contributed by atoms with E-state index in [0.29, 0.717) is 11.6 Å². The quantitative estimate of drug-likeness (QED) is 0.543. The summed E-state index contributed by atoms with van der Waals surface area (Å²) in [7, 11) is 1.98. The highest BCUT2D eigenvalue weighted by Crippen LogP contribution is 2.22. The molecule has 0 aliphatic heterocycles. The summed E-state index contributed by atoms with van der Waals surface area (Å²) in [5.74, 6) is 1.41. The molecule has 5 aromatic rings. The fourth-order valence-corrected chi connectivity index (χ4v) is 2.89. The minimum absolute atomic E-state index is 0.633. The lowest BCUT2D eigenvalue weighted by Crippen LogP contribution is -1.96. The van der Waals surface area contributed by atoms with Crippen LogP contribution in [0.25, 0.3) is 39.5 Å². The monoisotopic (exact) mass is 315 g/mol. The van der Waals surface area contributed by atoms with Gasteiger partial charge in [-0.2, -0.15) is 4.68 Å². The largest absolute Gasteiger partial charge is 0.326 e. The predicted molar refractivity (Wildman–Crippen MR) is 90.7 cm³/mol. The van der Waals surface area contributed by atoms with Gasteiger partial charge >= 0.3 is 0 Å². The van der Waals surface area contributed by atoms with Crippen molar-refractivity contribution < 1.29 is 0 Å². The van der Waals surface area contributed by atoms with Gasteiger partial charge in [0, 0.05) is 7.05 Å². The summed E-state index contributed by atoms with van der Waals surface area (Å²) >= 11 is 0. The lowest BCUT2D eigenvalue weighted by Gasteiger charge is -1.97. The van der Waals surface area contributed by atoms with Crippen LogP contribution in [0.3, 0.4) is 0 Å². The molecule has 7 heteroatoms. The minimum Gasteiger partial charge on any atom is -0.326 e. The molecule has 3 aromatic heterocycles. The molecule has 0 fully saturated rings. The molecule has 3 heterocycles. The van der Waals surface area contributed by atoms with Crippen LogP contribution >= 0.6 is 0 Å². The summed E-state index contributed by atoms with van der Waals surface area (Å²) in [5.41, 5.74) is 4.56. The van der Waals surface area contributed by atoms with Crippen molar-refractivity contribution in [1.82, 2.24) is 34.5 Å². The molecule has 0 aliphatic carbocycles. The number of nitrogens with zero attached hydrogens (tertiary/aromatic N) is 6. The maximum atomic E-state index is 4.65. The van der Waals surface area contributed by atoms with Crippen molar-refractivity contribution in [3.63, 3.8) is 0 Å². The lowest BCUT2D eigenvalue weighted by atomic mass is 10.3. The number of hydrogen-bond acceptors (Lipinski definition) is 4. The normalized spacial score (nSPS) is 11.5. The van der Waals surface area contributed by atoms with E-state index in [2.05, 4.69) is 25.3 Å². The second-order valence-corrected chi connectivity index (χ2v) is 5.61. The van der Waals surface area contributed by atoms with Crippen LogP contribution in [0.1, 0.15) is 0 Å². The van der Waals surface area contributed by atoms with E-state index in [1.807, 2.05) is 66.3 Å². The second-order valence-electron chi connectivity index (χ2n) is 5.61. The Labute approximate surface area is 136 Å². The Kier molecular flexibility index (Phi) is 2.58. The third-order valence-electron chi connectivity index (χ3n) is 4.10. The van der Waals surface area contributed by atoms with Crippen molar-refractivity contribution in [3.05, 3.63) is 54.7 Å². The molecule has 1 N–H and O–H groups in total. The van der Waals surface area contributed by atoms with Crippen molar-refractivity contribution in [2.24, 2.45) is 7.05 Å². The van der Waals surface area contributed by atoms with Crippen molar-refractivity contribution in [3.8, 4) is 17.5 Å². The molecular weight excluding hydrogens is 302 g/mol. The first-order chi connectivity index (χ1) is 11.8. The molecule has 0 amide bonds. The van der Waals surface area contributed by atoms with Crippen LogP contribution < -0.4 is 0 Å². The van der Waals surface area contributed by atoms with Crippen molar-refractivity contribution >= 4 is 22.1 Å². The lowest BCUT2D eigenvalue weighted by molar-refractivity contribution is 0.768. The Morgan fingerprint density at radius 3 is 2.54 bits per heavy atom. The SMILES string of the molecule is Cn1c(-c2cn(-c3nc4ccccc4[nH]3)nn2)nc2ccccc21. The summed E-state index contributed by atoms with van der Waals surface area (Å²) in [5, 5.41) is 8.45. The Morgan fingerprint density at radius 1 is 0.917 bits per heavy atom. The van der Waals surface area contributed by atoms with Crippen LogP contribution in [-0.4, -0.2) is 34.5 Å². The Morgan fingerprint density at radius 2 is 1.71 bits per heavy atom. The molecule has 0 saturated heterocycles. The van der Waals surface area contributed by atoms with Gasteiger partial charge in [-0.1, -0.05) is 29.5 Å². The highest BCUT2D eigenvalue weighted by Gasteiger charge is 2.14. The fraction of sp³-hybridized carbons (Fsp3) is 0.0588. The molecular formula is C17H13N7. The molecule has 116 valence electrons. The van der Waals surface area contributed by atoms with E-state index in [0.717, 1.165) is 27.9 Å². The maximum Gasteiger partial charge on any atom is 0.230 e. The van der Waals surface area contributed by atoms with Gasteiger partial charge in [-0.25, -0.2) is 9.97 Å². The molecule has 0 unspecified atom stereocenters. The number of rotatable bonds is 2. The highest BCUT2D eigenvalue weighted by molar-refractivity contribution is 5.79. The second kappa shape index (κ2) is 4.76. The van der Waals surface area contributed by atoms with Crippen molar-refractivity contribution in [1.29, 1.82) is 0 Å². The van der Waals surface area contributed by atoms with Crippen molar-refractivity contribution in [2.45, 2.75) is 0 Å². The van der Waals surface area contributed by atoms with Gasteiger partial charge in [0.1, 0.15) is 5.69 Å². The molecule has 0 spiro atoms. The molecule has 2 aromatic carbocycles. The molecule has 0 atom stereocenters. The van der Waals surface area contributed by atoms with E-state index >= 15 is 0 Å². The number of fused-ring (bicyclic) bond motifs is 2. The number of H-pyrrole nitrogens is 1. The standard InChI is InChI=1S/C17H13N7/c1-23-15-9-5-4-8-13(15)18-16(23)14-10-24(22-21-14)17-19-11-6-2-3-7-12(11)20-17/h2-10H,1H3,(H,19,20). The van der Waals surface area contributed by atoms with Crippen LogP contribution in [0.2, 0.25) is 0 Å². The van der Waals surface area contributed by atoms with Gasteiger partial charge in [-0.05, 0) is 24.3 Å². The third kappa shape index (κ3) is 1.84. The molecule has 24 heavy (non-hydrogen) atoms. The van der Waals surface area contributed by atoms with Gasteiger partial charge in [0.2, 0.25) is 5.95 Å². The van der Waals surface area contributed by atoms with Gasteiger partial charge in [-0.3, -0.25) is 0 Å². The average molecular weight is 315 g/mol. The van der Waals surface area contributed by atoms with Gasteiger partial charge < -0.3 is 9.55 Å². The van der Waals surface area contributed by atoms with Gasteiger partial charge in [0.15, 0.2) is 5.82 Å². The number of imidazole rings is 2. The topological polar surface area (TPSA) is 77.2 Å². The third-order valence-corrected chi connectivity index (χ3v) is 4.10. The molecule has 5 rings (SSSR count). The van der Waals surface area contributed by atoms with Crippen molar-refractivity contribution in [2.75, 3.05) is 0 Å². The summed E-state index contributed by atoms with van der Waals surface area (Å²) in [6, 6.07) is 15.9. The van der Waals surface area contributed by atoms with E-state index in [4.69, 9.17) is 0 Å². The van der Waals surface area contributed by atoms with Crippen LogP contribution in [-0.2, 0) is 7.05 Å². The zero-order valence-corrected chi connectivity index (χ0v) is 12.9. The summed E-state index contributed by atoms with van der Waals surface area (Å²) in [6.45, 7) is 0. The first-order valence-corrected chi connectivity index (χ1v) is 7.59. The van der Waals surface area contributed by atoms with Crippen LogP contribution in [0.4, 0.5) is 0 Å². The predicted octanol–water partition coefficient (Wildman–Crippen LogP) is 2.70. The Hall–Kier alpha value is -3.48. The Bertz CT molecular complexity index is 1150. The fourth-order valence-electron chi connectivity index (χ4n) is 2.89. The van der Waals surface area contributed by atoms with Gasteiger partial charge in [0.05, 0.1) is 28.3 Å². The zero-order chi connectivity index (χ0) is 16.1. The summed E-state index contributed by atoms with van der Waals surface area (Å²) in [4.78, 5) is 12.4. The smallest absolute Gasteiger partial charge is 0.230 e.